The number of aliphatic hydroxyl groups is 1. The van der Waals surface area contributed by atoms with Gasteiger partial charge in [-0.15, -0.1) is 6.42 Å². The molecule has 0 saturated carbocycles. The van der Waals surface area contributed by atoms with Crippen LogP contribution in [0.25, 0.3) is 0 Å². The number of ether oxygens (including phenoxy) is 3. The summed E-state index contributed by atoms with van der Waals surface area (Å²) in [6, 6.07) is 3.61. The van der Waals surface area contributed by atoms with E-state index in [1.807, 2.05) is 26.8 Å². The Bertz CT molecular complexity index is 537. The van der Waals surface area contributed by atoms with Gasteiger partial charge in [-0.25, -0.2) is 0 Å². The van der Waals surface area contributed by atoms with Gasteiger partial charge >= 0.3 is 0 Å². The third-order valence-corrected chi connectivity index (χ3v) is 3.53. The Kier molecular flexibility index (Phi) is 5.27. The minimum Gasteiger partial charge on any atom is -0.493 e. The lowest BCUT2D eigenvalue weighted by atomic mass is 9.72. The van der Waals surface area contributed by atoms with Crippen molar-refractivity contribution in [3.8, 4) is 23.8 Å². The van der Waals surface area contributed by atoms with Gasteiger partial charge in [-0.2, -0.15) is 0 Å². The number of methoxy groups -OCH3 is 3. The van der Waals surface area contributed by atoms with Gasteiger partial charge in [0.1, 0.15) is 0 Å². The fraction of sp³-hybridized carbons (Fsp3) is 0.529. The van der Waals surface area contributed by atoms with Gasteiger partial charge in [-0.1, -0.05) is 26.7 Å². The molecule has 0 spiro atoms. The highest BCUT2D eigenvalue weighted by atomic mass is 16.5. The molecule has 116 valence electrons. The highest BCUT2D eigenvalue weighted by Crippen LogP contribution is 2.46. The van der Waals surface area contributed by atoms with Crippen LogP contribution in [0.1, 0.15) is 31.9 Å². The molecule has 21 heavy (non-hydrogen) atoms. The van der Waals surface area contributed by atoms with Gasteiger partial charge in [-0.05, 0) is 17.7 Å². The van der Waals surface area contributed by atoms with Crippen LogP contribution >= 0.6 is 0 Å². The highest BCUT2D eigenvalue weighted by molar-refractivity contribution is 5.54. The van der Waals surface area contributed by atoms with Crippen molar-refractivity contribution in [1.29, 1.82) is 0 Å². The van der Waals surface area contributed by atoms with Gasteiger partial charge in [0, 0.05) is 18.1 Å². The lowest BCUT2D eigenvalue weighted by molar-refractivity contribution is -0.0110. The Hall–Kier alpha value is -1.70. The van der Waals surface area contributed by atoms with Crippen molar-refractivity contribution in [3.05, 3.63) is 23.3 Å². The van der Waals surface area contributed by atoms with Crippen LogP contribution in [0, 0.1) is 17.8 Å². The summed E-state index contributed by atoms with van der Waals surface area (Å²) in [6.45, 7) is 6.02. The molecule has 0 fully saturated rings. The monoisotopic (exact) mass is 292 g/mol. The Balaban J connectivity index is 3.66. The third-order valence-electron chi connectivity index (χ3n) is 3.53. The normalized spacial score (nSPS) is 14.2. The molecule has 0 aromatic heterocycles. The molecular formula is C17H24O4. The smallest absolute Gasteiger partial charge is 0.167 e. The van der Waals surface area contributed by atoms with Crippen molar-refractivity contribution in [2.45, 2.75) is 33.0 Å². The van der Waals surface area contributed by atoms with E-state index in [4.69, 9.17) is 20.6 Å². The number of terminal acetylenes is 1. The predicted octanol–water partition coefficient (Wildman–Crippen LogP) is 2.72. The average Bonchev–Trinajstić information content (AvgIpc) is 2.44. The molecule has 0 aliphatic rings. The van der Waals surface area contributed by atoms with Crippen molar-refractivity contribution >= 4 is 0 Å². The molecule has 0 saturated heterocycles. The van der Waals surface area contributed by atoms with E-state index in [0.717, 1.165) is 5.56 Å². The van der Waals surface area contributed by atoms with E-state index in [1.54, 1.807) is 20.3 Å². The van der Waals surface area contributed by atoms with Crippen molar-refractivity contribution in [3.63, 3.8) is 0 Å². The maximum absolute atomic E-state index is 11.0. The molecule has 1 aromatic rings. The maximum Gasteiger partial charge on any atom is 0.167 e. The van der Waals surface area contributed by atoms with Crippen LogP contribution in [0.2, 0.25) is 0 Å². The average molecular weight is 292 g/mol. The Morgan fingerprint density at radius 1 is 1.14 bits per heavy atom. The summed E-state index contributed by atoms with van der Waals surface area (Å²) < 4.78 is 15.9. The lowest BCUT2D eigenvalue weighted by Gasteiger charge is -2.37. The van der Waals surface area contributed by atoms with Crippen LogP contribution in [-0.4, -0.2) is 26.4 Å². The SMILES string of the molecule is C#CC(O)(c1cc(COC)cc(OC)c1OC)C(C)(C)C. The minimum atomic E-state index is -1.49. The summed E-state index contributed by atoms with van der Waals surface area (Å²) >= 11 is 0. The summed E-state index contributed by atoms with van der Waals surface area (Å²) in [5.41, 5.74) is -0.712. The van der Waals surface area contributed by atoms with E-state index in [0.29, 0.717) is 23.7 Å². The van der Waals surface area contributed by atoms with Gasteiger partial charge in [0.25, 0.3) is 0 Å². The molecule has 4 nitrogen and oxygen atoms in total. The first-order valence-corrected chi connectivity index (χ1v) is 6.69. The van der Waals surface area contributed by atoms with E-state index in [1.165, 1.54) is 7.11 Å². The molecule has 0 aliphatic heterocycles. The second kappa shape index (κ2) is 6.38. The van der Waals surface area contributed by atoms with Gasteiger partial charge in [0.2, 0.25) is 0 Å². The second-order valence-corrected chi connectivity index (χ2v) is 5.92. The van der Waals surface area contributed by atoms with Crippen LogP contribution in [0.3, 0.4) is 0 Å². The van der Waals surface area contributed by atoms with Crippen molar-refractivity contribution in [2.24, 2.45) is 5.41 Å². The topological polar surface area (TPSA) is 47.9 Å². The summed E-state index contributed by atoms with van der Waals surface area (Å²) in [6.07, 6.45) is 5.64. The minimum absolute atomic E-state index is 0.387. The van der Waals surface area contributed by atoms with Gasteiger partial charge in [0.15, 0.2) is 17.1 Å². The first-order valence-electron chi connectivity index (χ1n) is 6.69. The molecule has 1 aromatic carbocycles. The highest BCUT2D eigenvalue weighted by Gasteiger charge is 2.43. The Morgan fingerprint density at radius 2 is 1.76 bits per heavy atom. The zero-order valence-corrected chi connectivity index (χ0v) is 13.6. The van der Waals surface area contributed by atoms with Crippen molar-refractivity contribution in [1.82, 2.24) is 0 Å². The van der Waals surface area contributed by atoms with Crippen molar-refractivity contribution in [2.75, 3.05) is 21.3 Å². The number of rotatable bonds is 5. The molecule has 0 amide bonds. The first kappa shape index (κ1) is 17.4. The summed E-state index contributed by atoms with van der Waals surface area (Å²) in [5, 5.41) is 11.0. The molecule has 0 heterocycles. The predicted molar refractivity (Wildman–Crippen MR) is 82.4 cm³/mol. The fourth-order valence-electron chi connectivity index (χ4n) is 2.24. The second-order valence-electron chi connectivity index (χ2n) is 5.92. The third kappa shape index (κ3) is 3.15. The Morgan fingerprint density at radius 3 is 2.14 bits per heavy atom. The molecular weight excluding hydrogens is 268 g/mol. The molecule has 1 N–H and O–H groups in total. The summed E-state index contributed by atoms with van der Waals surface area (Å²) in [7, 11) is 4.68. The van der Waals surface area contributed by atoms with Crippen LogP contribution in [0.15, 0.2) is 12.1 Å². The molecule has 0 aliphatic carbocycles. The Labute approximate surface area is 127 Å². The quantitative estimate of drug-likeness (QED) is 0.848. The molecule has 1 atom stereocenters. The van der Waals surface area contributed by atoms with Crippen LogP contribution in [-0.2, 0) is 16.9 Å². The number of benzene rings is 1. The first-order chi connectivity index (χ1) is 9.75. The molecule has 1 unspecified atom stereocenters. The van der Waals surface area contributed by atoms with Gasteiger partial charge < -0.3 is 19.3 Å². The van der Waals surface area contributed by atoms with Gasteiger partial charge in [-0.3, -0.25) is 0 Å². The van der Waals surface area contributed by atoms with Crippen LogP contribution < -0.4 is 9.47 Å². The molecule has 0 bridgehead atoms. The van der Waals surface area contributed by atoms with Crippen LogP contribution in [0.4, 0.5) is 0 Å². The standard InChI is InChI=1S/C17H24O4/c1-8-17(18,16(2,3)4)13-9-12(11-19-5)10-14(20-6)15(13)21-7/h1,9-10,18H,11H2,2-7H3. The zero-order valence-electron chi connectivity index (χ0n) is 13.6. The van der Waals surface area contributed by atoms with Gasteiger partial charge in [0.05, 0.1) is 20.8 Å². The summed E-state index contributed by atoms with van der Waals surface area (Å²) in [5.74, 6) is 3.46. The van der Waals surface area contributed by atoms with E-state index < -0.39 is 11.0 Å². The molecule has 1 rings (SSSR count). The maximum atomic E-state index is 11.0. The zero-order chi connectivity index (χ0) is 16.3. The number of hydrogen-bond donors (Lipinski definition) is 1. The van der Waals surface area contributed by atoms with Crippen molar-refractivity contribution < 1.29 is 19.3 Å². The van der Waals surface area contributed by atoms with Crippen LogP contribution in [0.5, 0.6) is 11.5 Å². The molecule has 0 radical (unpaired) electrons. The van der Waals surface area contributed by atoms with E-state index >= 15 is 0 Å². The van der Waals surface area contributed by atoms with E-state index in [9.17, 15) is 5.11 Å². The fourth-order valence-corrected chi connectivity index (χ4v) is 2.24. The number of hydrogen-bond acceptors (Lipinski definition) is 4. The summed E-state index contributed by atoms with van der Waals surface area (Å²) in [4.78, 5) is 0. The lowest BCUT2D eigenvalue weighted by Crippen LogP contribution is -2.39. The van der Waals surface area contributed by atoms with E-state index in [-0.39, 0.29) is 0 Å². The molecule has 4 heteroatoms. The van der Waals surface area contributed by atoms with E-state index in [2.05, 4.69) is 5.92 Å². The largest absolute Gasteiger partial charge is 0.493 e.